The lowest BCUT2D eigenvalue weighted by molar-refractivity contribution is -0.129. The maximum Gasteiger partial charge on any atom is 0.243 e. The van der Waals surface area contributed by atoms with Crippen molar-refractivity contribution < 1.29 is 23.5 Å². The van der Waals surface area contributed by atoms with Crippen LogP contribution in [0.15, 0.2) is 42.5 Å². The van der Waals surface area contributed by atoms with Gasteiger partial charge in [-0.05, 0) is 73.6 Å². The number of halogens is 3. The Morgan fingerprint density at radius 3 is 2.43 bits per heavy atom. The zero-order chi connectivity index (χ0) is 29.4. The van der Waals surface area contributed by atoms with Gasteiger partial charge in [0.25, 0.3) is 0 Å². The molecule has 8 nitrogen and oxygen atoms in total. The highest BCUT2D eigenvalue weighted by molar-refractivity contribution is 5.86. The predicted molar refractivity (Wildman–Crippen MR) is 160 cm³/mol. The number of carbonyl (C=O) groups excluding carboxylic acids is 1. The van der Waals surface area contributed by atoms with Gasteiger partial charge in [0.05, 0.1) is 18.4 Å². The normalized spacial score (nSPS) is 13.3. The molecule has 1 amide bonds. The fourth-order valence-electron chi connectivity index (χ4n) is 5.19. The summed E-state index contributed by atoms with van der Waals surface area (Å²) in [5.41, 5.74) is 10.9. The zero-order valence-electron chi connectivity index (χ0n) is 23.5. The maximum absolute atomic E-state index is 14.9. The van der Waals surface area contributed by atoms with Gasteiger partial charge < -0.3 is 15.4 Å². The highest BCUT2D eigenvalue weighted by Gasteiger charge is 2.23. The highest BCUT2D eigenvalue weighted by atomic mass is 35.5. The molecule has 0 radical (unpaired) electrons. The van der Waals surface area contributed by atoms with E-state index in [4.69, 9.17) is 20.7 Å². The molecule has 3 aromatic rings. The van der Waals surface area contributed by atoms with E-state index < -0.39 is 17.5 Å². The molecule has 1 aliphatic rings. The van der Waals surface area contributed by atoms with E-state index in [-0.39, 0.29) is 36.2 Å². The van der Waals surface area contributed by atoms with Crippen LogP contribution < -0.4 is 20.9 Å². The van der Waals surface area contributed by atoms with E-state index in [1.165, 1.54) is 25.3 Å². The first kappa shape index (κ1) is 32.7. The molecule has 1 aromatic heterocycles. The second-order valence-electron chi connectivity index (χ2n) is 10.3. The second kappa shape index (κ2) is 15.4. The molecule has 0 unspecified atom stereocenters. The third kappa shape index (κ3) is 7.94. The minimum Gasteiger partial charge on any atom is -0.494 e. The summed E-state index contributed by atoms with van der Waals surface area (Å²) in [5, 5.41) is 18.0. The summed E-state index contributed by atoms with van der Waals surface area (Å²) >= 11 is 0. The van der Waals surface area contributed by atoms with Crippen molar-refractivity contribution in [1.82, 2.24) is 10.5 Å². The molecule has 0 aliphatic carbocycles. The number of aryl methyl sites for hydroxylation is 1. The topological polar surface area (TPSA) is 124 Å². The third-order valence-corrected chi connectivity index (χ3v) is 7.48. The van der Waals surface area contributed by atoms with E-state index in [0.717, 1.165) is 56.6 Å². The van der Waals surface area contributed by atoms with Gasteiger partial charge in [0.2, 0.25) is 5.91 Å². The number of aromatic nitrogens is 1. The van der Waals surface area contributed by atoms with Crippen molar-refractivity contribution in [3.63, 3.8) is 0 Å². The van der Waals surface area contributed by atoms with Gasteiger partial charge in [0.15, 0.2) is 11.6 Å². The van der Waals surface area contributed by atoms with Gasteiger partial charge in [0.1, 0.15) is 17.7 Å². The number of anilines is 1. The largest absolute Gasteiger partial charge is 0.494 e. The van der Waals surface area contributed by atoms with Gasteiger partial charge in [-0.15, -0.1) is 12.4 Å². The summed E-state index contributed by atoms with van der Waals surface area (Å²) in [4.78, 5) is 18.5. The minimum absolute atomic E-state index is 0. The number of hydrogen-bond acceptors (Lipinski definition) is 7. The van der Waals surface area contributed by atoms with Crippen molar-refractivity contribution in [3.8, 4) is 34.2 Å². The standard InChI is InChI=1S/C31H35F2N5O3.ClH/c1-41-27-11-10-21(16-26(27)33)30-20(6-4-2-3-5-7-29(39)37-40)18-28(38-14-12-24(35)13-15-38)36-31(30)22-8-9-23(19-34)25(32)17-22;/h8-11,16-18,24,40H,2-7,12-15,35H2,1H3,(H,37,39);1H. The van der Waals surface area contributed by atoms with E-state index in [1.54, 1.807) is 23.7 Å². The number of pyridine rings is 1. The first-order valence-electron chi connectivity index (χ1n) is 13.9. The zero-order valence-corrected chi connectivity index (χ0v) is 24.4. The van der Waals surface area contributed by atoms with Crippen molar-refractivity contribution in [3.05, 3.63) is 65.2 Å². The Hall–Kier alpha value is -3.78. The number of nitriles is 1. The summed E-state index contributed by atoms with van der Waals surface area (Å²) in [6.45, 7) is 1.47. The molecule has 0 atom stereocenters. The minimum atomic E-state index is -0.651. The molecule has 2 heterocycles. The molecule has 1 aliphatic heterocycles. The molecule has 224 valence electrons. The number of nitrogens with one attached hydrogen (secondary N) is 1. The van der Waals surface area contributed by atoms with Crippen molar-refractivity contribution in [2.75, 3.05) is 25.1 Å². The van der Waals surface area contributed by atoms with Crippen LogP contribution in [-0.2, 0) is 11.2 Å². The van der Waals surface area contributed by atoms with Gasteiger partial charge in [-0.25, -0.2) is 19.2 Å². The van der Waals surface area contributed by atoms with E-state index >= 15 is 0 Å². The Morgan fingerprint density at radius 1 is 1.10 bits per heavy atom. The molecule has 0 bridgehead atoms. The van der Waals surface area contributed by atoms with E-state index in [2.05, 4.69) is 4.90 Å². The predicted octanol–water partition coefficient (Wildman–Crippen LogP) is 5.92. The maximum atomic E-state index is 14.9. The lowest BCUT2D eigenvalue weighted by Crippen LogP contribution is -2.40. The molecule has 1 saturated heterocycles. The average molecular weight is 600 g/mol. The van der Waals surface area contributed by atoms with Crippen LogP contribution in [-0.4, -0.2) is 42.3 Å². The number of amides is 1. The van der Waals surface area contributed by atoms with Gasteiger partial charge in [-0.3, -0.25) is 10.0 Å². The number of rotatable bonds is 11. The van der Waals surface area contributed by atoms with Crippen LogP contribution in [0.5, 0.6) is 5.75 Å². The number of hydrogen-bond donors (Lipinski definition) is 3. The number of benzene rings is 2. The summed E-state index contributed by atoms with van der Waals surface area (Å²) in [6.07, 6.45) is 5.62. The fraction of sp³-hybridized carbons (Fsp3) is 0.387. The summed E-state index contributed by atoms with van der Waals surface area (Å²) < 4.78 is 34.9. The average Bonchev–Trinajstić information content (AvgIpc) is 2.98. The Morgan fingerprint density at radius 2 is 1.79 bits per heavy atom. The van der Waals surface area contributed by atoms with Crippen LogP contribution >= 0.6 is 12.4 Å². The molecule has 4 N–H and O–H groups in total. The second-order valence-corrected chi connectivity index (χ2v) is 10.3. The van der Waals surface area contributed by atoms with Crippen molar-refractivity contribution in [2.45, 2.75) is 57.4 Å². The molecule has 11 heteroatoms. The van der Waals surface area contributed by atoms with Crippen molar-refractivity contribution >= 4 is 24.1 Å². The monoisotopic (exact) mass is 599 g/mol. The van der Waals surface area contributed by atoms with Crippen LogP contribution in [0, 0.1) is 23.0 Å². The van der Waals surface area contributed by atoms with Crippen molar-refractivity contribution in [2.24, 2.45) is 5.73 Å². The van der Waals surface area contributed by atoms with Gasteiger partial charge in [-0.2, -0.15) is 5.26 Å². The smallest absolute Gasteiger partial charge is 0.243 e. The summed E-state index contributed by atoms with van der Waals surface area (Å²) in [5.74, 6) is -0.731. The van der Waals surface area contributed by atoms with E-state index in [0.29, 0.717) is 35.2 Å². The number of nitrogens with zero attached hydrogens (tertiary/aromatic N) is 3. The Kier molecular flexibility index (Phi) is 12.0. The number of hydroxylamine groups is 1. The number of methoxy groups -OCH3 is 1. The lowest BCUT2D eigenvalue weighted by atomic mass is 9.91. The van der Waals surface area contributed by atoms with Gasteiger partial charge >= 0.3 is 0 Å². The number of nitrogens with two attached hydrogens (primary N) is 1. The van der Waals surface area contributed by atoms with Crippen LogP contribution in [0.25, 0.3) is 22.4 Å². The molecule has 1 fully saturated rings. The third-order valence-electron chi connectivity index (χ3n) is 7.48. The van der Waals surface area contributed by atoms with Crippen molar-refractivity contribution in [1.29, 1.82) is 5.26 Å². The Bertz CT molecular complexity index is 1420. The Balaban J connectivity index is 0.00000484. The molecule has 0 saturated carbocycles. The number of piperidine rings is 1. The summed E-state index contributed by atoms with van der Waals surface area (Å²) in [6, 6.07) is 13.1. The molecule has 4 rings (SSSR count). The molecular weight excluding hydrogens is 564 g/mol. The van der Waals surface area contributed by atoms with Crippen LogP contribution in [0.3, 0.4) is 0 Å². The van der Waals surface area contributed by atoms with Gasteiger partial charge in [-0.1, -0.05) is 25.0 Å². The van der Waals surface area contributed by atoms with Gasteiger partial charge in [0, 0.05) is 36.7 Å². The molecule has 0 spiro atoms. The summed E-state index contributed by atoms with van der Waals surface area (Å²) in [7, 11) is 1.40. The SMILES string of the molecule is COc1ccc(-c2c(CCCCCCC(=O)NO)cc(N3CCC(N)CC3)nc2-c2ccc(C#N)c(F)c2)cc1F.Cl. The van der Waals surface area contributed by atoms with E-state index in [9.17, 15) is 18.8 Å². The van der Waals surface area contributed by atoms with Crippen LogP contribution in [0.2, 0.25) is 0 Å². The fourth-order valence-corrected chi connectivity index (χ4v) is 5.19. The number of unbranched alkanes of at least 4 members (excludes halogenated alkanes) is 3. The van der Waals surface area contributed by atoms with E-state index in [1.807, 2.05) is 12.1 Å². The lowest BCUT2D eigenvalue weighted by Gasteiger charge is -2.32. The highest BCUT2D eigenvalue weighted by Crippen LogP contribution is 2.39. The first-order chi connectivity index (χ1) is 19.8. The number of ether oxygens (including phenoxy) is 1. The molecule has 2 aromatic carbocycles. The quantitative estimate of drug-likeness (QED) is 0.142. The Labute approximate surface area is 250 Å². The first-order valence-corrected chi connectivity index (χ1v) is 13.9. The molecule has 42 heavy (non-hydrogen) atoms. The number of carbonyl (C=O) groups is 1. The van der Waals surface area contributed by atoms with Crippen LogP contribution in [0.1, 0.15) is 56.1 Å². The van der Waals surface area contributed by atoms with Crippen LogP contribution in [0.4, 0.5) is 14.6 Å². The molecular formula is C31H36ClF2N5O3.